The fourth-order valence-electron chi connectivity index (χ4n) is 2.49. The molecule has 0 spiro atoms. The summed E-state index contributed by atoms with van der Waals surface area (Å²) in [6.45, 7) is 2.52. The molecule has 0 saturated heterocycles. The number of ether oxygens (including phenoxy) is 1. The van der Waals surface area contributed by atoms with Gasteiger partial charge in [0.25, 0.3) is 0 Å². The zero-order valence-corrected chi connectivity index (χ0v) is 14.6. The summed E-state index contributed by atoms with van der Waals surface area (Å²) in [4.78, 5) is 0. The molecule has 1 unspecified atom stereocenters. The van der Waals surface area contributed by atoms with E-state index in [0.717, 1.165) is 22.4 Å². The summed E-state index contributed by atoms with van der Waals surface area (Å²) in [5.74, 6) is 0.992. The maximum Gasteiger partial charge on any atom is 0.148 e. The van der Waals surface area contributed by atoms with E-state index in [4.69, 9.17) is 4.74 Å². The molecule has 0 fully saturated rings. The van der Waals surface area contributed by atoms with Gasteiger partial charge in [-0.1, -0.05) is 42.5 Å². The van der Waals surface area contributed by atoms with Crippen LogP contribution in [0.25, 0.3) is 11.1 Å². The number of rotatable bonds is 7. The molecular weight excluding hydrogens is 310 g/mol. The molecule has 1 N–H and O–H groups in total. The van der Waals surface area contributed by atoms with Crippen LogP contribution in [0, 0.1) is 0 Å². The largest absolute Gasteiger partial charge is 0.496 e. The van der Waals surface area contributed by atoms with E-state index in [1.54, 1.807) is 7.11 Å². The Kier molecular flexibility index (Phi) is 5.80. The highest BCUT2D eigenvalue weighted by atomic mass is 32.2. The second kappa shape index (κ2) is 7.62. The van der Waals surface area contributed by atoms with Crippen LogP contribution in [0.15, 0.2) is 48.5 Å². The summed E-state index contributed by atoms with van der Waals surface area (Å²) in [6, 6.07) is 16.0. The molecule has 4 nitrogen and oxygen atoms in total. The topological polar surface area (TPSA) is 55.4 Å². The van der Waals surface area contributed by atoms with Crippen LogP contribution in [0.1, 0.15) is 12.5 Å². The van der Waals surface area contributed by atoms with Crippen molar-refractivity contribution in [2.45, 2.75) is 19.5 Å². The zero-order chi connectivity index (χ0) is 16.9. The van der Waals surface area contributed by atoms with Crippen molar-refractivity contribution >= 4 is 9.84 Å². The van der Waals surface area contributed by atoms with Gasteiger partial charge in [-0.3, -0.25) is 0 Å². The monoisotopic (exact) mass is 333 g/mol. The first-order chi connectivity index (χ1) is 10.9. The Morgan fingerprint density at radius 2 is 1.74 bits per heavy atom. The average Bonchev–Trinajstić information content (AvgIpc) is 2.52. The molecule has 0 aliphatic carbocycles. The smallest absolute Gasteiger partial charge is 0.148 e. The van der Waals surface area contributed by atoms with Crippen LogP contribution >= 0.6 is 0 Å². The minimum absolute atomic E-state index is 0.0705. The van der Waals surface area contributed by atoms with Gasteiger partial charge in [0.2, 0.25) is 0 Å². The maximum atomic E-state index is 11.3. The van der Waals surface area contributed by atoms with E-state index in [1.165, 1.54) is 6.26 Å². The third-order valence-electron chi connectivity index (χ3n) is 3.58. The van der Waals surface area contributed by atoms with E-state index in [0.29, 0.717) is 6.54 Å². The zero-order valence-electron chi connectivity index (χ0n) is 13.7. The van der Waals surface area contributed by atoms with Crippen LogP contribution in [0.2, 0.25) is 0 Å². The first-order valence-corrected chi connectivity index (χ1v) is 9.58. The standard InChI is InChI=1S/C18H23NO3S/c1-14(13-23(3,20)21)19-12-15-8-10-16(11-9-15)17-6-4-5-7-18(17)22-2/h4-11,14,19H,12-13H2,1-3H3. The minimum atomic E-state index is -2.95. The first-order valence-electron chi connectivity index (χ1n) is 7.52. The molecular formula is C18H23NO3S. The molecule has 5 heteroatoms. The summed E-state index contributed by atoms with van der Waals surface area (Å²) < 4.78 is 27.9. The molecule has 0 heterocycles. The third-order valence-corrected chi connectivity index (χ3v) is 4.68. The quantitative estimate of drug-likeness (QED) is 0.846. The number of hydrogen-bond acceptors (Lipinski definition) is 4. The van der Waals surface area contributed by atoms with Gasteiger partial charge in [-0.2, -0.15) is 0 Å². The van der Waals surface area contributed by atoms with Crippen molar-refractivity contribution in [3.63, 3.8) is 0 Å². The Bertz CT molecular complexity index is 739. The molecule has 0 aromatic heterocycles. The lowest BCUT2D eigenvalue weighted by molar-refractivity contribution is 0.416. The Morgan fingerprint density at radius 1 is 1.09 bits per heavy atom. The Hall–Kier alpha value is -1.85. The number of sulfone groups is 1. The van der Waals surface area contributed by atoms with Crippen LogP contribution in [0.4, 0.5) is 0 Å². The van der Waals surface area contributed by atoms with Crippen molar-refractivity contribution < 1.29 is 13.2 Å². The third kappa shape index (κ3) is 5.37. The van der Waals surface area contributed by atoms with Crippen LogP contribution in [-0.4, -0.2) is 33.6 Å². The number of benzene rings is 2. The Morgan fingerprint density at radius 3 is 2.35 bits per heavy atom. The van der Waals surface area contributed by atoms with E-state index in [-0.39, 0.29) is 11.8 Å². The molecule has 0 saturated carbocycles. The van der Waals surface area contributed by atoms with E-state index < -0.39 is 9.84 Å². The second-order valence-corrected chi connectivity index (χ2v) is 7.96. The summed E-state index contributed by atoms with van der Waals surface area (Å²) in [5.41, 5.74) is 3.26. The number of methoxy groups -OCH3 is 1. The van der Waals surface area contributed by atoms with Gasteiger partial charge in [0.05, 0.1) is 12.9 Å². The highest BCUT2D eigenvalue weighted by Gasteiger charge is 2.10. The SMILES string of the molecule is COc1ccccc1-c1ccc(CNC(C)CS(C)(=O)=O)cc1. The number of para-hydroxylation sites is 1. The fourth-order valence-corrected chi connectivity index (χ4v) is 3.52. The lowest BCUT2D eigenvalue weighted by Crippen LogP contribution is -2.32. The van der Waals surface area contributed by atoms with Gasteiger partial charge in [-0.05, 0) is 24.1 Å². The average molecular weight is 333 g/mol. The van der Waals surface area contributed by atoms with Crippen LogP contribution < -0.4 is 10.1 Å². The molecule has 0 radical (unpaired) electrons. The Balaban J connectivity index is 2.02. The predicted molar refractivity (Wildman–Crippen MR) is 94.4 cm³/mol. The van der Waals surface area contributed by atoms with Gasteiger partial charge in [-0.25, -0.2) is 8.42 Å². The van der Waals surface area contributed by atoms with Crippen molar-refractivity contribution in [3.8, 4) is 16.9 Å². The molecule has 1 atom stereocenters. The maximum absolute atomic E-state index is 11.3. The molecule has 2 aromatic carbocycles. The minimum Gasteiger partial charge on any atom is -0.496 e. The highest BCUT2D eigenvalue weighted by Crippen LogP contribution is 2.29. The Labute approximate surface area is 138 Å². The van der Waals surface area contributed by atoms with Gasteiger partial charge in [-0.15, -0.1) is 0 Å². The fraction of sp³-hybridized carbons (Fsp3) is 0.333. The van der Waals surface area contributed by atoms with Gasteiger partial charge in [0.1, 0.15) is 15.6 Å². The lowest BCUT2D eigenvalue weighted by atomic mass is 10.0. The molecule has 0 amide bonds. The first kappa shape index (κ1) is 17.5. The van der Waals surface area contributed by atoms with Gasteiger partial charge in [0.15, 0.2) is 0 Å². The second-order valence-electron chi connectivity index (χ2n) is 5.77. The molecule has 0 aliphatic rings. The molecule has 0 aliphatic heterocycles. The van der Waals surface area contributed by atoms with E-state index in [1.807, 2.05) is 43.3 Å². The number of hydrogen-bond donors (Lipinski definition) is 1. The molecule has 23 heavy (non-hydrogen) atoms. The summed E-state index contributed by atoms with van der Waals surface area (Å²) in [5, 5.41) is 3.23. The van der Waals surface area contributed by atoms with Crippen molar-refractivity contribution in [3.05, 3.63) is 54.1 Å². The molecule has 124 valence electrons. The van der Waals surface area contributed by atoms with E-state index in [2.05, 4.69) is 17.4 Å². The number of nitrogens with one attached hydrogen (secondary N) is 1. The molecule has 0 bridgehead atoms. The van der Waals surface area contributed by atoms with Gasteiger partial charge in [0, 0.05) is 24.4 Å². The van der Waals surface area contributed by atoms with Crippen molar-refractivity contribution in [2.75, 3.05) is 19.1 Å². The summed E-state index contributed by atoms with van der Waals surface area (Å²) in [7, 11) is -1.29. The van der Waals surface area contributed by atoms with Crippen LogP contribution in [0.3, 0.4) is 0 Å². The van der Waals surface area contributed by atoms with E-state index >= 15 is 0 Å². The summed E-state index contributed by atoms with van der Waals surface area (Å²) >= 11 is 0. The van der Waals surface area contributed by atoms with Crippen molar-refractivity contribution in [2.24, 2.45) is 0 Å². The predicted octanol–water partition coefficient (Wildman–Crippen LogP) is 2.88. The summed E-state index contributed by atoms with van der Waals surface area (Å²) in [6.07, 6.45) is 1.26. The van der Waals surface area contributed by atoms with Crippen LogP contribution in [-0.2, 0) is 16.4 Å². The highest BCUT2D eigenvalue weighted by molar-refractivity contribution is 7.90. The van der Waals surface area contributed by atoms with E-state index in [9.17, 15) is 8.42 Å². The van der Waals surface area contributed by atoms with Crippen molar-refractivity contribution in [1.29, 1.82) is 0 Å². The lowest BCUT2D eigenvalue weighted by Gasteiger charge is -2.13. The molecule has 2 aromatic rings. The molecule has 2 rings (SSSR count). The van der Waals surface area contributed by atoms with Gasteiger partial charge >= 0.3 is 0 Å². The van der Waals surface area contributed by atoms with Gasteiger partial charge < -0.3 is 10.1 Å². The van der Waals surface area contributed by atoms with Crippen LogP contribution in [0.5, 0.6) is 5.75 Å². The normalized spacial score (nSPS) is 12.8. The van der Waals surface area contributed by atoms with Crippen molar-refractivity contribution in [1.82, 2.24) is 5.32 Å².